The van der Waals surface area contributed by atoms with Crippen molar-refractivity contribution in [2.75, 3.05) is 13.9 Å². The zero-order chi connectivity index (χ0) is 9.80. The molecule has 0 aliphatic carbocycles. The Morgan fingerprint density at radius 1 is 1.36 bits per heavy atom. The second kappa shape index (κ2) is 4.41. The van der Waals surface area contributed by atoms with Gasteiger partial charge in [0.2, 0.25) is 0 Å². The lowest BCUT2D eigenvalue weighted by Crippen LogP contribution is -2.10. The van der Waals surface area contributed by atoms with Gasteiger partial charge in [0.25, 0.3) is 0 Å². The molecule has 1 heterocycles. The lowest BCUT2D eigenvalue weighted by Gasteiger charge is -2.06. The number of rotatable bonds is 3. The van der Waals surface area contributed by atoms with Crippen LogP contribution in [0.4, 0.5) is 0 Å². The molecule has 0 aromatic heterocycles. The van der Waals surface area contributed by atoms with E-state index in [1.807, 2.05) is 24.3 Å². The molecule has 0 bridgehead atoms. The highest BCUT2D eigenvalue weighted by atomic mass is 17.3. The topological polar surface area (TPSA) is 36.9 Å². The van der Waals surface area contributed by atoms with Crippen LogP contribution in [0.15, 0.2) is 24.3 Å². The first-order valence-electron chi connectivity index (χ1n) is 4.41. The molecule has 0 saturated carbocycles. The fourth-order valence-electron chi connectivity index (χ4n) is 1.28. The van der Waals surface area contributed by atoms with Crippen molar-refractivity contribution in [3.05, 3.63) is 29.8 Å². The van der Waals surface area contributed by atoms with Gasteiger partial charge in [-0.05, 0) is 17.7 Å². The van der Waals surface area contributed by atoms with E-state index in [4.69, 9.17) is 14.4 Å². The Morgan fingerprint density at radius 3 is 2.71 bits per heavy atom. The van der Waals surface area contributed by atoms with Crippen molar-refractivity contribution in [3.8, 4) is 5.75 Å². The number of hydrogen-bond donors (Lipinski definition) is 0. The highest BCUT2D eigenvalue weighted by Gasteiger charge is 2.17. The Kier molecular flexibility index (Phi) is 2.98. The number of ether oxygens (including phenoxy) is 2. The summed E-state index contributed by atoms with van der Waals surface area (Å²) in [5, 5.41) is 0. The van der Waals surface area contributed by atoms with Crippen LogP contribution in [-0.2, 0) is 20.9 Å². The Balaban J connectivity index is 1.95. The molecule has 1 aliphatic heterocycles. The standard InChI is InChI=1S/C10H12O4/c1-11-9-4-2-8(3-5-9)6-10-12-7-13-14-10/h2-5,10H,6-7H2,1H3. The van der Waals surface area contributed by atoms with E-state index in [1.165, 1.54) is 0 Å². The zero-order valence-corrected chi connectivity index (χ0v) is 7.93. The van der Waals surface area contributed by atoms with Gasteiger partial charge in [0.15, 0.2) is 13.1 Å². The minimum Gasteiger partial charge on any atom is -0.497 e. The van der Waals surface area contributed by atoms with Crippen molar-refractivity contribution in [1.82, 2.24) is 0 Å². The number of benzene rings is 1. The third-order valence-corrected chi connectivity index (χ3v) is 2.04. The van der Waals surface area contributed by atoms with E-state index < -0.39 is 0 Å². The van der Waals surface area contributed by atoms with Crippen molar-refractivity contribution in [3.63, 3.8) is 0 Å². The largest absolute Gasteiger partial charge is 0.497 e. The van der Waals surface area contributed by atoms with E-state index >= 15 is 0 Å². The minimum absolute atomic E-state index is 0.209. The molecule has 4 nitrogen and oxygen atoms in total. The number of methoxy groups -OCH3 is 1. The average molecular weight is 196 g/mol. The van der Waals surface area contributed by atoms with Crippen LogP contribution < -0.4 is 4.74 Å². The molecule has 0 amide bonds. The van der Waals surface area contributed by atoms with Crippen LogP contribution in [-0.4, -0.2) is 20.2 Å². The van der Waals surface area contributed by atoms with E-state index in [-0.39, 0.29) is 13.1 Å². The van der Waals surface area contributed by atoms with Gasteiger partial charge in [-0.15, -0.1) is 0 Å². The fourth-order valence-corrected chi connectivity index (χ4v) is 1.28. The van der Waals surface area contributed by atoms with Crippen LogP contribution in [0.3, 0.4) is 0 Å². The maximum Gasteiger partial charge on any atom is 0.198 e. The summed E-state index contributed by atoms with van der Waals surface area (Å²) in [5.74, 6) is 0.846. The van der Waals surface area contributed by atoms with Gasteiger partial charge in [-0.1, -0.05) is 12.1 Å². The highest BCUT2D eigenvalue weighted by molar-refractivity contribution is 5.27. The van der Waals surface area contributed by atoms with Gasteiger partial charge in [0.1, 0.15) is 5.75 Å². The molecule has 2 rings (SSSR count). The van der Waals surface area contributed by atoms with E-state index in [0.29, 0.717) is 6.42 Å². The highest BCUT2D eigenvalue weighted by Crippen LogP contribution is 2.16. The normalized spacial score (nSPS) is 21.1. The summed E-state index contributed by atoms with van der Waals surface area (Å²) in [5.41, 5.74) is 1.13. The summed E-state index contributed by atoms with van der Waals surface area (Å²) < 4.78 is 10.2. The summed E-state index contributed by atoms with van der Waals surface area (Å²) in [6.45, 7) is 0.209. The van der Waals surface area contributed by atoms with E-state index in [0.717, 1.165) is 11.3 Å². The predicted molar refractivity (Wildman–Crippen MR) is 48.6 cm³/mol. The molecular formula is C10H12O4. The van der Waals surface area contributed by atoms with Crippen molar-refractivity contribution in [1.29, 1.82) is 0 Å². The maximum atomic E-state index is 5.14. The van der Waals surface area contributed by atoms with Crippen molar-refractivity contribution in [2.45, 2.75) is 12.7 Å². The Morgan fingerprint density at radius 2 is 2.14 bits per heavy atom. The molecule has 1 aromatic carbocycles. The van der Waals surface area contributed by atoms with Crippen LogP contribution in [0.1, 0.15) is 5.56 Å². The van der Waals surface area contributed by atoms with Gasteiger partial charge >= 0.3 is 0 Å². The van der Waals surface area contributed by atoms with Gasteiger partial charge < -0.3 is 9.47 Å². The van der Waals surface area contributed by atoms with Gasteiger partial charge in [0.05, 0.1) is 7.11 Å². The molecule has 1 aliphatic rings. The molecule has 1 saturated heterocycles. The predicted octanol–water partition coefficient (Wildman–Crippen LogP) is 1.50. The van der Waals surface area contributed by atoms with Crippen LogP contribution in [0.25, 0.3) is 0 Å². The van der Waals surface area contributed by atoms with Crippen LogP contribution in [0.5, 0.6) is 5.75 Å². The number of hydrogen-bond acceptors (Lipinski definition) is 4. The van der Waals surface area contributed by atoms with Crippen LogP contribution >= 0.6 is 0 Å². The summed E-state index contributed by atoms with van der Waals surface area (Å²) in [6.07, 6.45) is 0.396. The monoisotopic (exact) mass is 196 g/mol. The fraction of sp³-hybridized carbons (Fsp3) is 0.400. The molecule has 1 fully saturated rings. The quantitative estimate of drug-likeness (QED) is 0.686. The van der Waals surface area contributed by atoms with E-state index in [2.05, 4.69) is 4.89 Å². The molecule has 4 heteroatoms. The molecule has 0 radical (unpaired) electrons. The third-order valence-electron chi connectivity index (χ3n) is 2.04. The first kappa shape index (κ1) is 9.45. The second-order valence-corrected chi connectivity index (χ2v) is 2.98. The lowest BCUT2D eigenvalue weighted by molar-refractivity contribution is -0.276. The van der Waals surface area contributed by atoms with Gasteiger partial charge in [-0.2, -0.15) is 0 Å². The van der Waals surface area contributed by atoms with Gasteiger partial charge in [0, 0.05) is 6.42 Å². The van der Waals surface area contributed by atoms with Crippen molar-refractivity contribution < 1.29 is 19.2 Å². The Labute approximate surface area is 82.3 Å². The molecule has 76 valence electrons. The van der Waals surface area contributed by atoms with Gasteiger partial charge in [-0.3, -0.25) is 0 Å². The average Bonchev–Trinajstić information content (AvgIpc) is 2.72. The second-order valence-electron chi connectivity index (χ2n) is 2.98. The van der Waals surface area contributed by atoms with Crippen LogP contribution in [0, 0.1) is 0 Å². The minimum atomic E-state index is -0.289. The molecular weight excluding hydrogens is 184 g/mol. The third kappa shape index (κ3) is 2.23. The summed E-state index contributed by atoms with van der Waals surface area (Å²) >= 11 is 0. The lowest BCUT2D eigenvalue weighted by atomic mass is 10.1. The van der Waals surface area contributed by atoms with Crippen molar-refractivity contribution in [2.24, 2.45) is 0 Å². The van der Waals surface area contributed by atoms with Gasteiger partial charge in [-0.25, -0.2) is 9.78 Å². The molecule has 1 aromatic rings. The molecule has 1 atom stereocenters. The molecule has 0 spiro atoms. The molecule has 14 heavy (non-hydrogen) atoms. The van der Waals surface area contributed by atoms with Crippen molar-refractivity contribution >= 4 is 0 Å². The van der Waals surface area contributed by atoms with E-state index in [9.17, 15) is 0 Å². The Bertz CT molecular complexity index is 277. The zero-order valence-electron chi connectivity index (χ0n) is 7.93. The van der Waals surface area contributed by atoms with E-state index in [1.54, 1.807) is 7.11 Å². The Hall–Kier alpha value is -1.10. The smallest absolute Gasteiger partial charge is 0.198 e. The summed E-state index contributed by atoms with van der Waals surface area (Å²) in [7, 11) is 1.64. The molecule has 0 N–H and O–H groups in total. The SMILES string of the molecule is COc1ccc(CC2OCOO2)cc1. The first-order valence-corrected chi connectivity index (χ1v) is 4.41. The summed E-state index contributed by atoms with van der Waals surface area (Å²) in [4.78, 5) is 9.49. The summed E-state index contributed by atoms with van der Waals surface area (Å²) in [6, 6.07) is 7.77. The van der Waals surface area contributed by atoms with Crippen LogP contribution in [0.2, 0.25) is 0 Å². The molecule has 1 unspecified atom stereocenters. The first-order chi connectivity index (χ1) is 6.88. The maximum absolute atomic E-state index is 5.14.